The number of nitrogens with zero attached hydrogens (tertiary/aromatic N) is 2. The smallest absolute Gasteiger partial charge is 0.134 e. The Morgan fingerprint density at radius 3 is 1.36 bits per heavy atom. The predicted molar refractivity (Wildman–Crippen MR) is 134 cm³/mol. The van der Waals surface area contributed by atoms with Gasteiger partial charge in [0.1, 0.15) is 10.0 Å². The van der Waals surface area contributed by atoms with E-state index in [9.17, 15) is 0 Å². The highest BCUT2D eigenvalue weighted by Crippen LogP contribution is 2.46. The first-order chi connectivity index (χ1) is 13.3. The lowest BCUT2D eigenvalue weighted by atomic mass is 10.1. The van der Waals surface area contributed by atoms with Crippen molar-refractivity contribution < 1.29 is 0 Å². The van der Waals surface area contributed by atoms with Crippen LogP contribution in [0.2, 0.25) is 0 Å². The average Bonchev–Trinajstić information content (AvgIpc) is 3.37. The highest BCUT2D eigenvalue weighted by Gasteiger charge is 2.21. The highest BCUT2D eigenvalue weighted by atomic mass is 79.9. The number of thiophene rings is 2. The van der Waals surface area contributed by atoms with Crippen LogP contribution in [0, 0.1) is 27.7 Å². The van der Waals surface area contributed by atoms with Crippen LogP contribution in [0.15, 0.2) is 19.7 Å². The van der Waals surface area contributed by atoms with Crippen LogP contribution in [0.1, 0.15) is 22.3 Å². The van der Waals surface area contributed by atoms with Crippen LogP contribution in [0.5, 0.6) is 0 Å². The summed E-state index contributed by atoms with van der Waals surface area (Å²) in [4.78, 5) is 12.6. The lowest BCUT2D eigenvalue weighted by Crippen LogP contribution is -1.86. The fourth-order valence-corrected chi connectivity index (χ4v) is 9.43. The molecular weight excluding hydrogens is 556 g/mol. The van der Waals surface area contributed by atoms with E-state index in [0.29, 0.717) is 0 Å². The molecule has 8 heteroatoms. The van der Waals surface area contributed by atoms with Gasteiger partial charge in [0.05, 0.1) is 37.8 Å². The predicted octanol–water partition coefficient (Wildman–Crippen LogP) is 9.12. The molecule has 4 heterocycles. The summed E-state index contributed by atoms with van der Waals surface area (Å²) in [5, 5.41) is 2.20. The standard InChI is InChI=1S/C20H14Br2N2S4/c1-7-5-11(21)25-15(7)19-23-13-9(3)10(4)14-18(17(13)27-19)28-20(24-14)16-8(2)6-12(22)26-16/h5-6H,1-4H3. The van der Waals surface area contributed by atoms with Crippen molar-refractivity contribution in [3.8, 4) is 19.8 Å². The third-order valence-electron chi connectivity index (χ3n) is 4.90. The van der Waals surface area contributed by atoms with Crippen molar-refractivity contribution >= 4 is 97.6 Å². The first-order valence-corrected chi connectivity index (χ1v) is 13.4. The summed E-state index contributed by atoms with van der Waals surface area (Å²) in [5.74, 6) is 0. The van der Waals surface area contributed by atoms with Crippen molar-refractivity contribution in [1.82, 2.24) is 9.97 Å². The highest BCUT2D eigenvalue weighted by molar-refractivity contribution is 9.11. The third-order valence-corrected chi connectivity index (χ3v) is 11.0. The Kier molecular flexibility index (Phi) is 4.80. The van der Waals surface area contributed by atoms with E-state index in [1.165, 1.54) is 41.4 Å². The van der Waals surface area contributed by atoms with Crippen LogP contribution >= 0.6 is 77.2 Å². The number of thiazole rings is 2. The Hall–Kier alpha value is -0.640. The molecule has 0 saturated heterocycles. The van der Waals surface area contributed by atoms with Gasteiger partial charge in [-0.25, -0.2) is 9.97 Å². The van der Waals surface area contributed by atoms with Gasteiger partial charge in [0.15, 0.2) is 0 Å². The molecule has 5 aromatic rings. The maximum absolute atomic E-state index is 5.05. The molecule has 1 aromatic carbocycles. The second kappa shape index (κ2) is 6.96. The van der Waals surface area contributed by atoms with Gasteiger partial charge in [-0.1, -0.05) is 0 Å². The molecule has 0 bridgehead atoms. The molecule has 28 heavy (non-hydrogen) atoms. The molecule has 0 unspecified atom stereocenters. The van der Waals surface area contributed by atoms with Gasteiger partial charge in [-0.15, -0.1) is 45.3 Å². The number of hydrogen-bond acceptors (Lipinski definition) is 6. The molecule has 0 fully saturated rings. The van der Waals surface area contributed by atoms with Crippen molar-refractivity contribution in [3.63, 3.8) is 0 Å². The summed E-state index contributed by atoms with van der Waals surface area (Å²) in [6, 6.07) is 4.34. The van der Waals surface area contributed by atoms with Crippen molar-refractivity contribution in [2.75, 3.05) is 0 Å². The van der Waals surface area contributed by atoms with Crippen molar-refractivity contribution in [3.05, 3.63) is 42.0 Å². The van der Waals surface area contributed by atoms with E-state index in [2.05, 4.69) is 71.7 Å². The number of fused-ring (bicyclic) bond motifs is 3. The Morgan fingerprint density at radius 2 is 1.04 bits per heavy atom. The van der Waals surface area contributed by atoms with Crippen molar-refractivity contribution in [1.29, 1.82) is 0 Å². The summed E-state index contributed by atoms with van der Waals surface area (Å²) in [6.45, 7) is 8.64. The molecule has 0 radical (unpaired) electrons. The number of benzene rings is 1. The van der Waals surface area contributed by atoms with Crippen LogP contribution in [0.25, 0.3) is 40.2 Å². The van der Waals surface area contributed by atoms with Gasteiger partial charge in [-0.3, -0.25) is 0 Å². The quantitative estimate of drug-likeness (QED) is 0.212. The van der Waals surface area contributed by atoms with Gasteiger partial charge >= 0.3 is 0 Å². The Labute approximate surface area is 195 Å². The normalized spacial score (nSPS) is 11.9. The van der Waals surface area contributed by atoms with E-state index in [1.54, 1.807) is 45.3 Å². The second-order valence-corrected chi connectivity index (χ2v) is 13.6. The van der Waals surface area contributed by atoms with Crippen LogP contribution in [0.4, 0.5) is 0 Å². The molecule has 5 rings (SSSR count). The van der Waals surface area contributed by atoms with E-state index >= 15 is 0 Å². The summed E-state index contributed by atoms with van der Waals surface area (Å²) in [7, 11) is 0. The summed E-state index contributed by atoms with van der Waals surface area (Å²) in [5.41, 5.74) is 7.25. The Bertz CT molecular complexity index is 1280. The first-order valence-electron chi connectivity index (χ1n) is 8.56. The summed E-state index contributed by atoms with van der Waals surface area (Å²) >= 11 is 14.3. The second-order valence-electron chi connectivity index (χ2n) is 6.77. The summed E-state index contributed by atoms with van der Waals surface area (Å²) in [6.07, 6.45) is 0. The zero-order valence-electron chi connectivity index (χ0n) is 15.4. The van der Waals surface area contributed by atoms with E-state index in [-0.39, 0.29) is 0 Å². The van der Waals surface area contributed by atoms with E-state index in [4.69, 9.17) is 9.97 Å². The van der Waals surface area contributed by atoms with Crippen LogP contribution in [0.3, 0.4) is 0 Å². The number of aromatic nitrogens is 2. The maximum atomic E-state index is 5.05. The Balaban J connectivity index is 1.81. The molecule has 2 nitrogen and oxygen atoms in total. The van der Waals surface area contributed by atoms with E-state index < -0.39 is 0 Å². The lowest BCUT2D eigenvalue weighted by Gasteiger charge is -2.01. The molecule has 0 aliphatic rings. The Morgan fingerprint density at radius 1 is 0.643 bits per heavy atom. The van der Waals surface area contributed by atoms with Gasteiger partial charge in [-0.05, 0) is 93.9 Å². The molecule has 0 saturated carbocycles. The van der Waals surface area contributed by atoms with Gasteiger partial charge in [0.2, 0.25) is 0 Å². The zero-order chi connectivity index (χ0) is 19.7. The van der Waals surface area contributed by atoms with Crippen LogP contribution in [-0.4, -0.2) is 9.97 Å². The molecule has 0 spiro atoms. The van der Waals surface area contributed by atoms with Crippen LogP contribution < -0.4 is 0 Å². The number of halogens is 2. The van der Waals surface area contributed by atoms with E-state index in [1.807, 2.05) is 0 Å². The van der Waals surface area contributed by atoms with Gasteiger partial charge in [0.25, 0.3) is 0 Å². The molecule has 0 aliphatic carbocycles. The molecule has 0 amide bonds. The number of aryl methyl sites for hydroxylation is 4. The first kappa shape index (κ1) is 19.3. The summed E-state index contributed by atoms with van der Waals surface area (Å²) < 4.78 is 4.82. The SMILES string of the molecule is Cc1cc(Br)sc1-c1nc2c(C)c(C)c3nc(-c4sc(Br)cc4C)sc3c2s1. The van der Waals surface area contributed by atoms with Gasteiger partial charge in [-0.2, -0.15) is 0 Å². The van der Waals surface area contributed by atoms with Crippen molar-refractivity contribution in [2.24, 2.45) is 0 Å². The fraction of sp³-hybridized carbons (Fsp3) is 0.200. The molecule has 0 N–H and O–H groups in total. The molecule has 0 aliphatic heterocycles. The molecule has 4 aromatic heterocycles. The third kappa shape index (κ3) is 2.96. The molecule has 0 atom stereocenters. The number of hydrogen-bond donors (Lipinski definition) is 0. The topological polar surface area (TPSA) is 25.8 Å². The van der Waals surface area contributed by atoms with Crippen LogP contribution in [-0.2, 0) is 0 Å². The molecular formula is C20H14Br2N2S4. The number of rotatable bonds is 2. The lowest BCUT2D eigenvalue weighted by molar-refractivity contribution is 1.34. The largest absolute Gasteiger partial charge is 0.235 e. The minimum absolute atomic E-state index is 1.10. The fourth-order valence-electron chi connectivity index (χ4n) is 3.32. The van der Waals surface area contributed by atoms with Gasteiger partial charge in [0, 0.05) is 0 Å². The minimum Gasteiger partial charge on any atom is -0.235 e. The van der Waals surface area contributed by atoms with Gasteiger partial charge < -0.3 is 0 Å². The minimum atomic E-state index is 1.10. The average molecular weight is 570 g/mol. The monoisotopic (exact) mass is 568 g/mol. The molecule has 142 valence electrons. The van der Waals surface area contributed by atoms with Crippen molar-refractivity contribution in [2.45, 2.75) is 27.7 Å². The maximum Gasteiger partial charge on any atom is 0.134 e. The van der Waals surface area contributed by atoms with E-state index in [0.717, 1.165) is 28.6 Å². The zero-order valence-corrected chi connectivity index (χ0v) is 21.9.